The van der Waals surface area contributed by atoms with E-state index >= 15 is 0 Å². The number of nitrogens with zero attached hydrogens (tertiary/aromatic N) is 1. The second-order valence-corrected chi connectivity index (χ2v) is 4.37. The highest BCUT2D eigenvalue weighted by molar-refractivity contribution is 5.70. The van der Waals surface area contributed by atoms with Crippen molar-refractivity contribution in [2.45, 2.75) is 25.9 Å². The van der Waals surface area contributed by atoms with Gasteiger partial charge in [-0.15, -0.1) is 0 Å². The molecule has 1 heterocycles. The van der Waals surface area contributed by atoms with E-state index < -0.39 is 11.6 Å². The number of aliphatic hydroxyl groups is 1. The quantitative estimate of drug-likeness (QED) is 0.661. The Hall–Kier alpha value is -0.610. The Balaban J connectivity index is 2.38. The van der Waals surface area contributed by atoms with Crippen LogP contribution in [-0.2, 0) is 4.79 Å². The third-order valence-electron chi connectivity index (χ3n) is 2.23. The van der Waals surface area contributed by atoms with Crippen LogP contribution in [0.1, 0.15) is 20.3 Å². The van der Waals surface area contributed by atoms with Crippen molar-refractivity contribution >= 4 is 5.97 Å². The van der Waals surface area contributed by atoms with Crippen LogP contribution in [0, 0.1) is 5.92 Å². The van der Waals surface area contributed by atoms with Crippen molar-refractivity contribution in [3.8, 4) is 0 Å². The summed E-state index contributed by atoms with van der Waals surface area (Å²) < 4.78 is 0. The molecule has 0 radical (unpaired) electrons. The summed E-state index contributed by atoms with van der Waals surface area (Å²) in [5.41, 5.74) is -0.729. The summed E-state index contributed by atoms with van der Waals surface area (Å²) in [5.74, 6) is -0.972. The van der Waals surface area contributed by atoms with Gasteiger partial charge in [-0.25, -0.2) is 0 Å². The topological polar surface area (TPSA) is 60.8 Å². The highest BCUT2D eigenvalue weighted by atomic mass is 16.4. The van der Waals surface area contributed by atoms with E-state index in [2.05, 4.69) is 0 Å². The summed E-state index contributed by atoms with van der Waals surface area (Å²) in [6.07, 6.45) is 0.700. The summed E-state index contributed by atoms with van der Waals surface area (Å²) in [7, 11) is 0. The lowest BCUT2D eigenvalue weighted by atomic mass is 10.1. The Morgan fingerprint density at radius 1 is 1.62 bits per heavy atom. The molecule has 1 atom stereocenters. The van der Waals surface area contributed by atoms with Crippen molar-refractivity contribution in [1.82, 2.24) is 4.90 Å². The van der Waals surface area contributed by atoms with E-state index in [0.717, 1.165) is 6.54 Å². The molecule has 4 nitrogen and oxygen atoms in total. The van der Waals surface area contributed by atoms with Crippen LogP contribution in [0.3, 0.4) is 0 Å². The first-order valence-electron chi connectivity index (χ1n) is 4.56. The van der Waals surface area contributed by atoms with E-state index in [4.69, 9.17) is 5.11 Å². The molecule has 0 aromatic carbocycles. The number of β-amino-alcohol motifs (C(OH)–C–C–N with tert-alkyl or cyclic N) is 1. The van der Waals surface area contributed by atoms with Gasteiger partial charge in [0.1, 0.15) is 0 Å². The highest BCUT2D eigenvalue weighted by Crippen LogP contribution is 2.18. The minimum atomic E-state index is -0.729. The average molecular weight is 187 g/mol. The van der Waals surface area contributed by atoms with Crippen molar-refractivity contribution in [1.29, 1.82) is 0 Å². The highest BCUT2D eigenvalue weighted by Gasteiger charge is 2.30. The fraction of sp³-hybridized carbons (Fsp3) is 0.889. The maximum atomic E-state index is 10.6. The van der Waals surface area contributed by atoms with Crippen LogP contribution in [0.2, 0.25) is 0 Å². The molecule has 13 heavy (non-hydrogen) atoms. The Kier molecular flexibility index (Phi) is 2.93. The number of carbonyl (C=O) groups is 1. The molecule has 0 amide bonds. The van der Waals surface area contributed by atoms with Gasteiger partial charge in [0.25, 0.3) is 0 Å². The second-order valence-electron chi connectivity index (χ2n) is 4.37. The fourth-order valence-electron chi connectivity index (χ4n) is 1.73. The number of carboxylic acids is 1. The molecule has 0 spiro atoms. The van der Waals surface area contributed by atoms with Gasteiger partial charge in [-0.05, 0) is 26.8 Å². The van der Waals surface area contributed by atoms with Gasteiger partial charge in [0.2, 0.25) is 0 Å². The van der Waals surface area contributed by atoms with Gasteiger partial charge in [-0.2, -0.15) is 0 Å². The first kappa shape index (κ1) is 10.5. The van der Waals surface area contributed by atoms with E-state index in [-0.39, 0.29) is 5.92 Å². The Morgan fingerprint density at radius 3 is 2.62 bits per heavy atom. The first-order valence-corrected chi connectivity index (χ1v) is 4.56. The third-order valence-corrected chi connectivity index (χ3v) is 2.23. The van der Waals surface area contributed by atoms with Gasteiger partial charge in [-0.1, -0.05) is 0 Å². The summed E-state index contributed by atoms with van der Waals surface area (Å²) in [6.45, 7) is 5.37. The van der Waals surface area contributed by atoms with Crippen molar-refractivity contribution in [3.05, 3.63) is 0 Å². The minimum Gasteiger partial charge on any atom is -0.481 e. The molecule has 1 rings (SSSR count). The van der Waals surface area contributed by atoms with Crippen molar-refractivity contribution in [2.24, 2.45) is 5.92 Å². The average Bonchev–Trinajstić information content (AvgIpc) is 2.31. The molecule has 1 unspecified atom stereocenters. The van der Waals surface area contributed by atoms with Gasteiger partial charge in [0.05, 0.1) is 11.5 Å². The van der Waals surface area contributed by atoms with E-state index in [1.165, 1.54) is 0 Å². The molecule has 1 saturated heterocycles. The Bertz CT molecular complexity index is 198. The van der Waals surface area contributed by atoms with Gasteiger partial charge in [0, 0.05) is 13.1 Å². The number of likely N-dealkylation sites (tertiary alicyclic amines) is 1. The molecule has 2 N–H and O–H groups in total. The predicted molar refractivity (Wildman–Crippen MR) is 48.5 cm³/mol. The molecule has 1 aliphatic rings. The largest absolute Gasteiger partial charge is 0.481 e. The number of carboxylic acid groups (broad SMARTS) is 1. The van der Waals surface area contributed by atoms with E-state index in [0.29, 0.717) is 19.5 Å². The number of rotatable bonds is 3. The number of aliphatic carboxylic acids is 1. The van der Waals surface area contributed by atoms with Crippen LogP contribution in [0.25, 0.3) is 0 Å². The summed E-state index contributed by atoms with van der Waals surface area (Å²) in [6, 6.07) is 0. The molecule has 1 aliphatic heterocycles. The van der Waals surface area contributed by atoms with Crippen LogP contribution in [0.4, 0.5) is 0 Å². The van der Waals surface area contributed by atoms with Gasteiger partial charge in [0.15, 0.2) is 0 Å². The minimum absolute atomic E-state index is 0.248. The maximum Gasteiger partial charge on any atom is 0.307 e. The van der Waals surface area contributed by atoms with Gasteiger partial charge >= 0.3 is 5.97 Å². The molecular formula is C9H17NO3. The van der Waals surface area contributed by atoms with Crippen LogP contribution in [-0.4, -0.2) is 46.3 Å². The lowest BCUT2D eigenvalue weighted by Gasteiger charge is -2.24. The number of hydrogen-bond donors (Lipinski definition) is 2. The molecule has 0 saturated carbocycles. The summed E-state index contributed by atoms with van der Waals surface area (Å²) in [4.78, 5) is 12.6. The zero-order valence-corrected chi connectivity index (χ0v) is 8.16. The smallest absolute Gasteiger partial charge is 0.307 e. The number of hydrogen-bond acceptors (Lipinski definition) is 3. The van der Waals surface area contributed by atoms with Crippen LogP contribution >= 0.6 is 0 Å². The van der Waals surface area contributed by atoms with E-state index in [9.17, 15) is 9.90 Å². The molecular weight excluding hydrogens is 170 g/mol. The normalized spacial score (nSPS) is 25.0. The van der Waals surface area contributed by atoms with Crippen molar-refractivity contribution in [3.63, 3.8) is 0 Å². The van der Waals surface area contributed by atoms with Crippen molar-refractivity contribution in [2.75, 3.05) is 19.6 Å². The van der Waals surface area contributed by atoms with Crippen LogP contribution < -0.4 is 0 Å². The molecule has 1 fully saturated rings. The van der Waals surface area contributed by atoms with Crippen LogP contribution in [0.5, 0.6) is 0 Å². The van der Waals surface area contributed by atoms with Gasteiger partial charge in [-0.3, -0.25) is 9.69 Å². The van der Waals surface area contributed by atoms with Gasteiger partial charge < -0.3 is 10.2 Å². The van der Waals surface area contributed by atoms with E-state index in [1.54, 1.807) is 13.8 Å². The predicted octanol–water partition coefficient (Wildman–Crippen LogP) is 0.164. The maximum absolute atomic E-state index is 10.6. The summed E-state index contributed by atoms with van der Waals surface area (Å²) in [5, 5.41) is 18.3. The monoisotopic (exact) mass is 187 g/mol. The zero-order valence-electron chi connectivity index (χ0n) is 8.16. The van der Waals surface area contributed by atoms with Crippen molar-refractivity contribution < 1.29 is 15.0 Å². The molecule has 0 aromatic rings. The van der Waals surface area contributed by atoms with Crippen LogP contribution in [0.15, 0.2) is 0 Å². The molecule has 76 valence electrons. The summed E-state index contributed by atoms with van der Waals surface area (Å²) >= 11 is 0. The first-order chi connectivity index (χ1) is 5.88. The molecule has 0 aromatic heterocycles. The Labute approximate surface area is 78.2 Å². The molecule has 0 bridgehead atoms. The second kappa shape index (κ2) is 3.64. The molecule has 0 aliphatic carbocycles. The Morgan fingerprint density at radius 2 is 2.23 bits per heavy atom. The lowest BCUT2D eigenvalue weighted by molar-refractivity contribution is -0.141. The zero-order chi connectivity index (χ0) is 10.1. The third kappa shape index (κ3) is 3.32. The lowest BCUT2D eigenvalue weighted by Crippen LogP contribution is -2.37. The standard InChI is InChI=1S/C9H17NO3/c1-9(2,13)6-10-4-3-7(5-10)8(11)12/h7,13H,3-6H2,1-2H3,(H,11,12). The SMILES string of the molecule is CC(C)(O)CN1CCC(C(=O)O)C1. The fourth-order valence-corrected chi connectivity index (χ4v) is 1.73. The van der Waals surface area contributed by atoms with E-state index in [1.807, 2.05) is 4.90 Å². The molecule has 4 heteroatoms.